The Morgan fingerprint density at radius 2 is 1.65 bits per heavy atom. The molecule has 2 aliphatic rings. The molecule has 1 aromatic rings. The summed E-state index contributed by atoms with van der Waals surface area (Å²) < 4.78 is 26.8. The summed E-state index contributed by atoms with van der Waals surface area (Å²) in [6.07, 6.45) is 1.07. The van der Waals surface area contributed by atoms with E-state index >= 15 is 0 Å². The average Bonchev–Trinajstić information content (AvgIpc) is 2.72. The van der Waals surface area contributed by atoms with E-state index in [1.807, 2.05) is 13.8 Å². The average molecular weight is 365 g/mol. The number of imide groups is 1. The van der Waals surface area contributed by atoms with Crippen molar-refractivity contribution in [3.05, 3.63) is 35.4 Å². The van der Waals surface area contributed by atoms with Crippen LogP contribution in [0.25, 0.3) is 0 Å². The number of rotatable bonds is 4. The van der Waals surface area contributed by atoms with Crippen LogP contribution in [0.4, 0.5) is 13.6 Å². The monoisotopic (exact) mass is 365 g/mol. The van der Waals surface area contributed by atoms with Crippen LogP contribution < -0.4 is 0 Å². The van der Waals surface area contributed by atoms with Gasteiger partial charge in [0.15, 0.2) is 0 Å². The Balaban J connectivity index is 1.73. The van der Waals surface area contributed by atoms with E-state index in [2.05, 4.69) is 4.90 Å². The number of carbonyl (C=O) groups is 2. The normalized spacial score (nSPS) is 20.7. The van der Waals surface area contributed by atoms with E-state index in [0.29, 0.717) is 44.6 Å². The summed E-state index contributed by atoms with van der Waals surface area (Å²) in [7, 11) is 1.54. The van der Waals surface area contributed by atoms with Gasteiger partial charge in [-0.15, -0.1) is 0 Å². The van der Waals surface area contributed by atoms with E-state index in [4.69, 9.17) is 0 Å². The Kier molecular flexibility index (Phi) is 5.01. The summed E-state index contributed by atoms with van der Waals surface area (Å²) >= 11 is 0. The molecule has 5 nitrogen and oxygen atoms in total. The highest BCUT2D eigenvalue weighted by molar-refractivity contribution is 6.06. The van der Waals surface area contributed by atoms with Crippen LogP contribution >= 0.6 is 0 Å². The first-order valence-electron chi connectivity index (χ1n) is 9.00. The van der Waals surface area contributed by atoms with Crippen molar-refractivity contribution in [1.82, 2.24) is 14.7 Å². The second-order valence-electron chi connectivity index (χ2n) is 7.74. The number of likely N-dealkylation sites (N-methyl/N-ethyl adjacent to an activating group) is 1. The first kappa shape index (κ1) is 18.8. The third-order valence-corrected chi connectivity index (χ3v) is 5.30. The summed E-state index contributed by atoms with van der Waals surface area (Å²) in [4.78, 5) is 30.3. The molecule has 1 aromatic carbocycles. The van der Waals surface area contributed by atoms with Crippen molar-refractivity contribution in [3.63, 3.8) is 0 Å². The highest BCUT2D eigenvalue weighted by Gasteiger charge is 2.56. The fourth-order valence-corrected chi connectivity index (χ4v) is 4.02. The summed E-state index contributed by atoms with van der Waals surface area (Å²) in [5, 5.41) is 0. The Labute approximate surface area is 152 Å². The zero-order valence-electron chi connectivity index (χ0n) is 15.5. The molecule has 0 bridgehead atoms. The van der Waals surface area contributed by atoms with Gasteiger partial charge in [0.2, 0.25) is 0 Å². The van der Waals surface area contributed by atoms with E-state index in [9.17, 15) is 18.4 Å². The minimum Gasteiger partial charge on any atom is -0.309 e. The lowest BCUT2D eigenvalue weighted by Crippen LogP contribution is -2.57. The lowest BCUT2D eigenvalue weighted by molar-refractivity contribution is -0.135. The van der Waals surface area contributed by atoms with E-state index in [1.54, 1.807) is 4.90 Å². The van der Waals surface area contributed by atoms with Gasteiger partial charge in [-0.05, 0) is 36.5 Å². The highest BCUT2D eigenvalue weighted by atomic mass is 19.1. The molecule has 26 heavy (non-hydrogen) atoms. The topological polar surface area (TPSA) is 43.9 Å². The molecule has 142 valence electrons. The number of amides is 3. The minimum absolute atomic E-state index is 0.139. The largest absolute Gasteiger partial charge is 0.327 e. The van der Waals surface area contributed by atoms with Crippen molar-refractivity contribution in [3.8, 4) is 0 Å². The molecule has 0 saturated carbocycles. The SMILES string of the molecule is CC(C)CN1C(=O)N(C)C(=O)C12CCN(Cc1cc(F)cc(F)c1)CC2. The minimum atomic E-state index is -0.778. The molecule has 2 heterocycles. The van der Waals surface area contributed by atoms with E-state index in [-0.39, 0.29) is 17.9 Å². The summed E-state index contributed by atoms with van der Waals surface area (Å²) in [5.74, 6) is -1.05. The van der Waals surface area contributed by atoms with E-state index < -0.39 is 17.2 Å². The highest BCUT2D eigenvalue weighted by Crippen LogP contribution is 2.37. The van der Waals surface area contributed by atoms with Crippen molar-refractivity contribution < 1.29 is 18.4 Å². The number of carbonyl (C=O) groups excluding carboxylic acids is 2. The van der Waals surface area contributed by atoms with Gasteiger partial charge in [-0.3, -0.25) is 14.6 Å². The van der Waals surface area contributed by atoms with Gasteiger partial charge < -0.3 is 4.90 Å². The molecule has 2 fully saturated rings. The van der Waals surface area contributed by atoms with E-state index in [0.717, 1.165) is 6.07 Å². The Hall–Kier alpha value is -2.02. The number of piperidine rings is 1. The fraction of sp³-hybridized carbons (Fsp3) is 0.579. The molecule has 0 aliphatic carbocycles. The van der Waals surface area contributed by atoms with Crippen LogP contribution in [0.5, 0.6) is 0 Å². The van der Waals surface area contributed by atoms with Gasteiger partial charge in [-0.25, -0.2) is 13.6 Å². The van der Waals surface area contributed by atoms with Gasteiger partial charge in [-0.2, -0.15) is 0 Å². The molecule has 3 amide bonds. The number of halogens is 2. The third kappa shape index (κ3) is 3.32. The molecule has 1 spiro atoms. The Bertz CT molecular complexity index is 694. The second-order valence-corrected chi connectivity index (χ2v) is 7.74. The number of likely N-dealkylation sites (tertiary alicyclic amines) is 1. The van der Waals surface area contributed by atoms with Crippen molar-refractivity contribution in [2.45, 2.75) is 38.8 Å². The first-order chi connectivity index (χ1) is 12.2. The lowest BCUT2D eigenvalue weighted by Gasteiger charge is -2.42. The standard InChI is InChI=1S/C19H25F2N3O2/c1-13(2)11-24-18(26)22(3)17(25)19(24)4-6-23(7-5-19)12-14-8-15(20)10-16(21)9-14/h8-10,13H,4-7,11-12H2,1-3H3. The van der Waals surface area contributed by atoms with Gasteiger partial charge in [0, 0.05) is 39.3 Å². The van der Waals surface area contributed by atoms with Gasteiger partial charge in [0.05, 0.1) is 0 Å². The number of benzene rings is 1. The lowest BCUT2D eigenvalue weighted by atomic mass is 9.85. The van der Waals surface area contributed by atoms with Crippen molar-refractivity contribution >= 4 is 11.9 Å². The van der Waals surface area contributed by atoms with Gasteiger partial charge in [-0.1, -0.05) is 13.8 Å². The molecule has 2 saturated heterocycles. The molecule has 7 heteroatoms. The van der Waals surface area contributed by atoms with Crippen LogP contribution in [0.1, 0.15) is 32.3 Å². The number of hydrogen-bond donors (Lipinski definition) is 0. The number of urea groups is 1. The summed E-state index contributed by atoms with van der Waals surface area (Å²) in [6.45, 7) is 6.21. The molecule has 0 atom stereocenters. The molecule has 0 radical (unpaired) electrons. The maximum absolute atomic E-state index is 13.4. The molecule has 0 unspecified atom stereocenters. The van der Waals surface area contributed by atoms with Crippen LogP contribution in [0.15, 0.2) is 18.2 Å². The maximum Gasteiger partial charge on any atom is 0.327 e. The molecule has 3 rings (SSSR count). The van der Waals surface area contributed by atoms with Gasteiger partial charge in [0.1, 0.15) is 17.2 Å². The quantitative estimate of drug-likeness (QED) is 0.771. The van der Waals surface area contributed by atoms with Crippen molar-refractivity contribution in [1.29, 1.82) is 0 Å². The fourth-order valence-electron chi connectivity index (χ4n) is 4.02. The predicted octanol–water partition coefficient (Wildman–Crippen LogP) is 2.85. The third-order valence-electron chi connectivity index (χ3n) is 5.30. The molecule has 0 aromatic heterocycles. The molecule has 0 N–H and O–H groups in total. The number of hydrogen-bond acceptors (Lipinski definition) is 3. The van der Waals surface area contributed by atoms with Crippen LogP contribution in [0.2, 0.25) is 0 Å². The van der Waals surface area contributed by atoms with Crippen LogP contribution in [0.3, 0.4) is 0 Å². The smallest absolute Gasteiger partial charge is 0.309 e. The van der Waals surface area contributed by atoms with Crippen molar-refractivity contribution in [2.24, 2.45) is 5.92 Å². The molecular formula is C19H25F2N3O2. The Morgan fingerprint density at radius 1 is 1.08 bits per heavy atom. The van der Waals surface area contributed by atoms with Gasteiger partial charge in [0.25, 0.3) is 5.91 Å². The predicted molar refractivity (Wildman–Crippen MR) is 93.3 cm³/mol. The van der Waals surface area contributed by atoms with Crippen LogP contribution in [-0.4, -0.2) is 58.9 Å². The maximum atomic E-state index is 13.4. The zero-order valence-corrected chi connectivity index (χ0v) is 15.5. The Morgan fingerprint density at radius 3 is 2.19 bits per heavy atom. The van der Waals surface area contributed by atoms with Crippen LogP contribution in [-0.2, 0) is 11.3 Å². The van der Waals surface area contributed by atoms with Crippen LogP contribution in [0, 0.1) is 17.6 Å². The van der Waals surface area contributed by atoms with Crippen molar-refractivity contribution in [2.75, 3.05) is 26.7 Å². The molecule has 2 aliphatic heterocycles. The first-order valence-corrected chi connectivity index (χ1v) is 9.00. The number of nitrogens with zero attached hydrogens (tertiary/aromatic N) is 3. The summed E-state index contributed by atoms with van der Waals surface area (Å²) in [5.41, 5.74) is -0.205. The summed E-state index contributed by atoms with van der Waals surface area (Å²) in [6, 6.07) is 3.29. The second kappa shape index (κ2) is 6.95. The van der Waals surface area contributed by atoms with E-state index in [1.165, 1.54) is 24.1 Å². The zero-order chi connectivity index (χ0) is 19.1. The molecular weight excluding hydrogens is 340 g/mol. The van der Waals surface area contributed by atoms with Gasteiger partial charge >= 0.3 is 6.03 Å².